The zero-order chi connectivity index (χ0) is 14.7. The maximum absolute atomic E-state index is 5.86. The van der Waals surface area contributed by atoms with Gasteiger partial charge in [-0.2, -0.15) is 5.10 Å². The van der Waals surface area contributed by atoms with Gasteiger partial charge >= 0.3 is 0 Å². The van der Waals surface area contributed by atoms with Crippen molar-refractivity contribution in [3.05, 3.63) is 36.2 Å². The predicted molar refractivity (Wildman–Crippen MR) is 81.5 cm³/mol. The summed E-state index contributed by atoms with van der Waals surface area (Å²) in [5, 5.41) is 4.60. The number of ether oxygens (including phenoxy) is 2. The third-order valence-corrected chi connectivity index (χ3v) is 3.95. The van der Waals surface area contributed by atoms with E-state index in [9.17, 15) is 0 Å². The van der Waals surface area contributed by atoms with Crippen molar-refractivity contribution in [1.82, 2.24) is 9.78 Å². The molecule has 1 fully saturated rings. The largest absolute Gasteiger partial charge is 0.495 e. The summed E-state index contributed by atoms with van der Waals surface area (Å²) in [5.41, 5.74) is 7.38. The number of hydrogen-bond acceptors (Lipinski definition) is 4. The number of aromatic nitrogens is 2. The van der Waals surface area contributed by atoms with Crippen molar-refractivity contribution in [2.75, 3.05) is 12.8 Å². The van der Waals surface area contributed by atoms with E-state index >= 15 is 0 Å². The Morgan fingerprint density at radius 2 is 2.10 bits per heavy atom. The van der Waals surface area contributed by atoms with E-state index in [2.05, 4.69) is 16.0 Å². The van der Waals surface area contributed by atoms with Gasteiger partial charge in [0.2, 0.25) is 0 Å². The molecule has 0 bridgehead atoms. The molecule has 0 amide bonds. The monoisotopic (exact) mass is 287 g/mol. The lowest BCUT2D eigenvalue weighted by molar-refractivity contribution is 0.297. The van der Waals surface area contributed by atoms with Crippen molar-refractivity contribution in [3.63, 3.8) is 0 Å². The molecule has 2 aromatic rings. The number of hydrogen-bond donors (Lipinski definition) is 1. The highest BCUT2D eigenvalue weighted by Gasteiger charge is 2.17. The maximum Gasteiger partial charge on any atom is 0.142 e. The Hall–Kier alpha value is -2.17. The molecule has 2 N–H and O–H groups in total. The molecule has 0 radical (unpaired) electrons. The highest BCUT2D eigenvalue weighted by atomic mass is 16.5. The molecule has 0 saturated heterocycles. The van der Waals surface area contributed by atoms with Crippen LogP contribution < -0.4 is 15.2 Å². The van der Waals surface area contributed by atoms with Crippen molar-refractivity contribution in [1.29, 1.82) is 0 Å². The minimum atomic E-state index is 0.450. The molecule has 1 aromatic carbocycles. The van der Waals surface area contributed by atoms with Gasteiger partial charge in [-0.3, -0.25) is 4.68 Å². The third kappa shape index (κ3) is 3.12. The fourth-order valence-corrected chi connectivity index (χ4v) is 2.79. The van der Waals surface area contributed by atoms with Gasteiger partial charge in [-0.1, -0.05) is 12.8 Å². The van der Waals surface area contributed by atoms with Crippen LogP contribution in [0.3, 0.4) is 0 Å². The van der Waals surface area contributed by atoms with Crippen molar-refractivity contribution in [3.8, 4) is 11.5 Å². The minimum Gasteiger partial charge on any atom is -0.495 e. The van der Waals surface area contributed by atoms with Crippen LogP contribution in [0, 0.1) is 0 Å². The smallest absolute Gasteiger partial charge is 0.142 e. The quantitative estimate of drug-likeness (QED) is 0.858. The molecular weight excluding hydrogens is 266 g/mol. The van der Waals surface area contributed by atoms with Crippen LogP contribution in [-0.4, -0.2) is 16.9 Å². The van der Waals surface area contributed by atoms with Gasteiger partial charge in [0.25, 0.3) is 0 Å². The van der Waals surface area contributed by atoms with E-state index in [1.807, 2.05) is 18.2 Å². The highest BCUT2D eigenvalue weighted by molar-refractivity contribution is 5.56. The summed E-state index contributed by atoms with van der Waals surface area (Å²) in [6.07, 6.45) is 7.13. The molecule has 1 aromatic heterocycles. The number of methoxy groups -OCH3 is 1. The predicted octanol–water partition coefficient (Wildman–Crippen LogP) is 3.17. The van der Waals surface area contributed by atoms with Crippen LogP contribution in [0.15, 0.2) is 30.5 Å². The SMILES string of the molecule is COc1ccc(OCc2ccn(C3CCCC3)n2)cc1N. The lowest BCUT2D eigenvalue weighted by atomic mass is 10.3. The Balaban J connectivity index is 1.61. The Morgan fingerprint density at radius 3 is 2.81 bits per heavy atom. The fourth-order valence-electron chi connectivity index (χ4n) is 2.79. The second-order valence-electron chi connectivity index (χ2n) is 5.42. The molecule has 0 spiro atoms. The minimum absolute atomic E-state index is 0.450. The Bertz CT molecular complexity index is 603. The topological polar surface area (TPSA) is 62.3 Å². The van der Waals surface area contributed by atoms with E-state index in [0.29, 0.717) is 24.1 Å². The fraction of sp³-hybridized carbons (Fsp3) is 0.438. The van der Waals surface area contributed by atoms with Crippen LogP contribution in [0.25, 0.3) is 0 Å². The average Bonchev–Trinajstić information content (AvgIpc) is 3.16. The molecule has 1 aliphatic rings. The van der Waals surface area contributed by atoms with Crippen molar-refractivity contribution in [2.24, 2.45) is 0 Å². The number of nitrogens with zero attached hydrogens (tertiary/aromatic N) is 2. The van der Waals surface area contributed by atoms with Gasteiger partial charge in [-0.25, -0.2) is 0 Å². The van der Waals surface area contributed by atoms with E-state index < -0.39 is 0 Å². The van der Waals surface area contributed by atoms with Gasteiger partial charge < -0.3 is 15.2 Å². The number of anilines is 1. The Morgan fingerprint density at radius 1 is 1.29 bits per heavy atom. The molecule has 1 heterocycles. The molecule has 5 nitrogen and oxygen atoms in total. The first-order valence-corrected chi connectivity index (χ1v) is 7.36. The molecule has 112 valence electrons. The maximum atomic E-state index is 5.86. The summed E-state index contributed by atoms with van der Waals surface area (Å²) in [6.45, 7) is 0.450. The zero-order valence-electron chi connectivity index (χ0n) is 12.3. The van der Waals surface area contributed by atoms with Crippen molar-refractivity contribution >= 4 is 5.69 Å². The standard InChI is InChI=1S/C16H21N3O2/c1-20-16-7-6-14(10-15(16)17)21-11-12-8-9-19(18-12)13-4-2-3-5-13/h6-10,13H,2-5,11,17H2,1H3. The van der Waals surface area contributed by atoms with E-state index in [1.165, 1.54) is 25.7 Å². The van der Waals surface area contributed by atoms with Crippen LogP contribution in [0.4, 0.5) is 5.69 Å². The van der Waals surface area contributed by atoms with Gasteiger partial charge in [-0.05, 0) is 31.0 Å². The number of benzene rings is 1. The van der Waals surface area contributed by atoms with Gasteiger partial charge in [0, 0.05) is 12.3 Å². The van der Waals surface area contributed by atoms with E-state index in [1.54, 1.807) is 13.2 Å². The van der Waals surface area contributed by atoms with Gasteiger partial charge in [0.1, 0.15) is 18.1 Å². The second-order valence-corrected chi connectivity index (χ2v) is 5.42. The second kappa shape index (κ2) is 6.08. The Labute approximate surface area is 124 Å². The van der Waals surface area contributed by atoms with Gasteiger partial charge in [-0.15, -0.1) is 0 Å². The van der Waals surface area contributed by atoms with Crippen molar-refractivity contribution in [2.45, 2.75) is 38.3 Å². The number of rotatable bonds is 5. The molecule has 0 unspecified atom stereocenters. The van der Waals surface area contributed by atoms with E-state index in [-0.39, 0.29) is 0 Å². The molecule has 0 atom stereocenters. The summed E-state index contributed by atoms with van der Waals surface area (Å²) in [7, 11) is 1.60. The molecule has 21 heavy (non-hydrogen) atoms. The lowest BCUT2D eigenvalue weighted by Crippen LogP contribution is -2.06. The van der Waals surface area contributed by atoms with Crippen LogP contribution in [0.1, 0.15) is 37.4 Å². The summed E-state index contributed by atoms with van der Waals surface area (Å²) in [6, 6.07) is 8.01. The van der Waals surface area contributed by atoms with E-state index in [0.717, 1.165) is 11.4 Å². The molecule has 0 aliphatic heterocycles. The zero-order valence-corrected chi connectivity index (χ0v) is 12.3. The molecule has 1 saturated carbocycles. The van der Waals surface area contributed by atoms with Crippen molar-refractivity contribution < 1.29 is 9.47 Å². The first-order chi connectivity index (χ1) is 10.3. The third-order valence-electron chi connectivity index (χ3n) is 3.95. The summed E-state index contributed by atoms with van der Waals surface area (Å²) in [4.78, 5) is 0. The van der Waals surface area contributed by atoms with Crippen LogP contribution in [0.2, 0.25) is 0 Å². The Kier molecular flexibility index (Phi) is 3.99. The molecule has 3 rings (SSSR count). The van der Waals surface area contributed by atoms with Gasteiger partial charge in [0.15, 0.2) is 0 Å². The normalized spacial score (nSPS) is 15.3. The first kappa shape index (κ1) is 13.8. The van der Waals surface area contributed by atoms with E-state index in [4.69, 9.17) is 15.2 Å². The van der Waals surface area contributed by atoms with Crippen LogP contribution >= 0.6 is 0 Å². The average molecular weight is 287 g/mol. The van der Waals surface area contributed by atoms with Crippen LogP contribution in [-0.2, 0) is 6.61 Å². The van der Waals surface area contributed by atoms with Gasteiger partial charge in [0.05, 0.1) is 24.5 Å². The number of nitrogens with two attached hydrogens (primary N) is 1. The summed E-state index contributed by atoms with van der Waals surface area (Å²) < 4.78 is 12.9. The molecule has 1 aliphatic carbocycles. The summed E-state index contributed by atoms with van der Waals surface area (Å²) >= 11 is 0. The summed E-state index contributed by atoms with van der Waals surface area (Å²) in [5.74, 6) is 1.39. The molecular formula is C16H21N3O2. The lowest BCUT2D eigenvalue weighted by Gasteiger charge is -2.10. The highest BCUT2D eigenvalue weighted by Crippen LogP contribution is 2.29. The van der Waals surface area contributed by atoms with Crippen LogP contribution in [0.5, 0.6) is 11.5 Å². The number of nitrogen functional groups attached to an aromatic ring is 1. The first-order valence-electron chi connectivity index (χ1n) is 7.36. The molecule has 5 heteroatoms.